The van der Waals surface area contributed by atoms with Crippen molar-refractivity contribution in [2.75, 3.05) is 0 Å². The van der Waals surface area contributed by atoms with Crippen molar-refractivity contribution in [1.29, 1.82) is 0 Å². The molecule has 0 aromatic heterocycles. The molecule has 0 aliphatic rings. The van der Waals surface area contributed by atoms with Crippen molar-refractivity contribution in [2.24, 2.45) is 0 Å². The van der Waals surface area contributed by atoms with Crippen molar-refractivity contribution in [3.05, 3.63) is 54.1 Å². The summed E-state index contributed by atoms with van der Waals surface area (Å²) in [6, 6.07) is 12.0. The molecule has 1 N–H and O–H groups in total. The van der Waals surface area contributed by atoms with Crippen molar-refractivity contribution in [3.63, 3.8) is 0 Å². The van der Waals surface area contributed by atoms with Gasteiger partial charge in [0.05, 0.1) is 0 Å². The van der Waals surface area contributed by atoms with Gasteiger partial charge in [-0.05, 0) is 43.0 Å². The summed E-state index contributed by atoms with van der Waals surface area (Å²) < 4.78 is 0. The van der Waals surface area contributed by atoms with Gasteiger partial charge in [0.1, 0.15) is 5.75 Å². The third-order valence-corrected chi connectivity index (χ3v) is 3.05. The van der Waals surface area contributed by atoms with Gasteiger partial charge in [-0.25, -0.2) is 0 Å². The average Bonchev–Trinajstić information content (AvgIpc) is 2.37. The second-order valence-electron chi connectivity index (χ2n) is 4.25. The fourth-order valence-electron chi connectivity index (χ4n) is 2.15. The van der Waals surface area contributed by atoms with Crippen molar-refractivity contribution < 1.29 is 5.11 Å². The molecule has 88 valence electrons. The van der Waals surface area contributed by atoms with Gasteiger partial charge in [-0.2, -0.15) is 0 Å². The summed E-state index contributed by atoms with van der Waals surface area (Å²) in [5.41, 5.74) is 1.08. The number of allylic oxidation sites excluding steroid dienone is 2. The van der Waals surface area contributed by atoms with Crippen LogP contribution in [0.1, 0.15) is 25.3 Å². The van der Waals surface area contributed by atoms with E-state index in [9.17, 15) is 5.11 Å². The van der Waals surface area contributed by atoms with Gasteiger partial charge in [-0.1, -0.05) is 42.5 Å². The van der Waals surface area contributed by atoms with E-state index in [-0.39, 0.29) is 0 Å². The zero-order valence-electron chi connectivity index (χ0n) is 10.2. The summed E-state index contributed by atoms with van der Waals surface area (Å²) in [6.45, 7) is 2.04. The summed E-state index contributed by atoms with van der Waals surface area (Å²) in [6.07, 6.45) is 7.31. The van der Waals surface area contributed by atoms with Gasteiger partial charge in [-0.3, -0.25) is 0 Å². The Balaban J connectivity index is 2.28. The predicted octanol–water partition coefficient (Wildman–Crippen LogP) is 4.44. The van der Waals surface area contributed by atoms with E-state index in [1.807, 2.05) is 25.1 Å². The van der Waals surface area contributed by atoms with Crippen LogP contribution in [0.25, 0.3) is 10.8 Å². The number of hydrogen-bond acceptors (Lipinski definition) is 1. The highest BCUT2D eigenvalue weighted by molar-refractivity contribution is 5.87. The fourth-order valence-corrected chi connectivity index (χ4v) is 2.15. The zero-order chi connectivity index (χ0) is 12.1. The highest BCUT2D eigenvalue weighted by Crippen LogP contribution is 2.28. The van der Waals surface area contributed by atoms with Crippen LogP contribution in [0.15, 0.2) is 48.6 Å². The third kappa shape index (κ3) is 2.68. The topological polar surface area (TPSA) is 20.2 Å². The van der Waals surface area contributed by atoms with Crippen LogP contribution >= 0.6 is 0 Å². The monoisotopic (exact) mass is 226 g/mol. The molecule has 17 heavy (non-hydrogen) atoms. The van der Waals surface area contributed by atoms with Crippen LogP contribution < -0.4 is 0 Å². The molecule has 0 spiro atoms. The van der Waals surface area contributed by atoms with Gasteiger partial charge in [0.15, 0.2) is 0 Å². The highest BCUT2D eigenvalue weighted by Gasteiger charge is 2.05. The quantitative estimate of drug-likeness (QED) is 0.603. The van der Waals surface area contributed by atoms with Gasteiger partial charge >= 0.3 is 0 Å². The standard InChI is InChI=1S/C16H18O/c1-2-3-4-5-10-15-14-9-7-6-8-13(14)11-12-16(15)17/h2-3,6-9,11-12,17H,4-5,10H2,1H3/b3-2+. The first-order chi connectivity index (χ1) is 8.33. The van der Waals surface area contributed by atoms with Gasteiger partial charge in [0, 0.05) is 5.56 Å². The minimum Gasteiger partial charge on any atom is -0.508 e. The Labute approximate surface area is 102 Å². The molecule has 0 aliphatic heterocycles. The van der Waals surface area contributed by atoms with E-state index in [1.165, 1.54) is 10.8 Å². The lowest BCUT2D eigenvalue weighted by atomic mass is 9.99. The average molecular weight is 226 g/mol. The highest BCUT2D eigenvalue weighted by atomic mass is 16.3. The van der Waals surface area contributed by atoms with Crippen LogP contribution in [0.5, 0.6) is 5.75 Å². The molecule has 0 saturated carbocycles. The largest absolute Gasteiger partial charge is 0.508 e. The molecule has 2 rings (SSSR count). The van der Waals surface area contributed by atoms with Gasteiger partial charge in [0.2, 0.25) is 0 Å². The molecule has 0 bridgehead atoms. The Morgan fingerprint density at radius 1 is 1.12 bits per heavy atom. The van der Waals surface area contributed by atoms with Crippen molar-refractivity contribution >= 4 is 10.8 Å². The number of aryl methyl sites for hydroxylation is 1. The second kappa shape index (κ2) is 5.53. The van der Waals surface area contributed by atoms with Crippen LogP contribution in [-0.4, -0.2) is 5.11 Å². The summed E-state index contributed by atoms with van der Waals surface area (Å²) in [5, 5.41) is 12.3. The van der Waals surface area contributed by atoms with E-state index >= 15 is 0 Å². The minimum atomic E-state index is 0.421. The van der Waals surface area contributed by atoms with Gasteiger partial charge in [0.25, 0.3) is 0 Å². The van der Waals surface area contributed by atoms with Crippen LogP contribution in [0.3, 0.4) is 0 Å². The maximum atomic E-state index is 9.95. The first-order valence-electron chi connectivity index (χ1n) is 6.13. The Hall–Kier alpha value is -1.76. The number of fused-ring (bicyclic) bond motifs is 1. The Kier molecular flexibility index (Phi) is 3.81. The first kappa shape index (κ1) is 11.7. The van der Waals surface area contributed by atoms with Crippen molar-refractivity contribution in [1.82, 2.24) is 0 Å². The van der Waals surface area contributed by atoms with Crippen LogP contribution in [0, 0.1) is 0 Å². The van der Waals surface area contributed by atoms with Crippen LogP contribution in [-0.2, 0) is 6.42 Å². The molecule has 0 aliphatic carbocycles. The lowest BCUT2D eigenvalue weighted by Gasteiger charge is -2.08. The van der Waals surface area contributed by atoms with E-state index < -0.39 is 0 Å². The van der Waals surface area contributed by atoms with Gasteiger partial charge in [-0.15, -0.1) is 0 Å². The Morgan fingerprint density at radius 2 is 1.94 bits per heavy atom. The molecular formula is C16H18O. The molecule has 0 amide bonds. The maximum Gasteiger partial charge on any atom is 0.119 e. The minimum absolute atomic E-state index is 0.421. The normalized spacial score (nSPS) is 11.4. The lowest BCUT2D eigenvalue weighted by molar-refractivity contribution is 0.468. The summed E-state index contributed by atoms with van der Waals surface area (Å²) in [7, 11) is 0. The van der Waals surface area contributed by atoms with Crippen molar-refractivity contribution in [3.8, 4) is 5.75 Å². The Morgan fingerprint density at radius 3 is 2.76 bits per heavy atom. The predicted molar refractivity (Wildman–Crippen MR) is 73.4 cm³/mol. The molecule has 2 aromatic rings. The van der Waals surface area contributed by atoms with E-state index in [4.69, 9.17) is 0 Å². The Bertz CT molecular complexity index is 526. The number of benzene rings is 2. The zero-order valence-corrected chi connectivity index (χ0v) is 10.2. The molecule has 2 aromatic carbocycles. The number of hydrogen-bond donors (Lipinski definition) is 1. The first-order valence-corrected chi connectivity index (χ1v) is 6.13. The molecule has 0 unspecified atom stereocenters. The van der Waals surface area contributed by atoms with E-state index in [0.717, 1.165) is 24.8 Å². The van der Waals surface area contributed by atoms with Crippen LogP contribution in [0.4, 0.5) is 0 Å². The molecular weight excluding hydrogens is 208 g/mol. The molecule has 0 fully saturated rings. The third-order valence-electron chi connectivity index (χ3n) is 3.05. The fraction of sp³-hybridized carbons (Fsp3) is 0.250. The summed E-state index contributed by atoms with van der Waals surface area (Å²) >= 11 is 0. The summed E-state index contributed by atoms with van der Waals surface area (Å²) in [4.78, 5) is 0. The second-order valence-corrected chi connectivity index (χ2v) is 4.25. The van der Waals surface area contributed by atoms with Crippen molar-refractivity contribution in [2.45, 2.75) is 26.2 Å². The molecule has 1 heteroatoms. The number of rotatable bonds is 4. The van der Waals surface area contributed by atoms with E-state index in [2.05, 4.69) is 24.3 Å². The number of phenols is 1. The van der Waals surface area contributed by atoms with Crippen LogP contribution in [0.2, 0.25) is 0 Å². The molecule has 1 nitrogen and oxygen atoms in total. The number of aromatic hydroxyl groups is 1. The van der Waals surface area contributed by atoms with E-state index in [0.29, 0.717) is 5.75 Å². The number of unbranched alkanes of at least 4 members (excludes halogenated alkanes) is 1. The molecule has 0 heterocycles. The molecule has 0 atom stereocenters. The van der Waals surface area contributed by atoms with E-state index in [1.54, 1.807) is 6.07 Å². The van der Waals surface area contributed by atoms with Gasteiger partial charge < -0.3 is 5.11 Å². The molecule has 0 saturated heterocycles. The smallest absolute Gasteiger partial charge is 0.119 e. The maximum absolute atomic E-state index is 9.95. The molecule has 0 radical (unpaired) electrons. The SMILES string of the molecule is C/C=C/CCCc1c(O)ccc2ccccc12. The summed E-state index contributed by atoms with van der Waals surface area (Å²) in [5.74, 6) is 0.421. The number of phenolic OH excluding ortho intramolecular Hbond substituents is 1. The lowest BCUT2D eigenvalue weighted by Crippen LogP contribution is -1.88.